The van der Waals surface area contributed by atoms with Gasteiger partial charge in [0.15, 0.2) is 12.0 Å². The number of hydrogen-bond acceptors (Lipinski definition) is 5. The summed E-state index contributed by atoms with van der Waals surface area (Å²) < 4.78 is 7.15. The number of carboxylic acids is 1. The monoisotopic (exact) mass is 462 g/mol. The van der Waals surface area contributed by atoms with Crippen molar-refractivity contribution in [3.63, 3.8) is 0 Å². The zero-order valence-electron chi connectivity index (χ0n) is 20.0. The molecule has 3 aromatic rings. The predicted molar refractivity (Wildman–Crippen MR) is 129 cm³/mol. The molecule has 1 aromatic heterocycles. The van der Waals surface area contributed by atoms with Gasteiger partial charge in [0.25, 0.3) is 0 Å². The molecule has 0 atom stereocenters. The lowest BCUT2D eigenvalue weighted by atomic mass is 9.98. The van der Waals surface area contributed by atoms with Crippen LogP contribution in [0.2, 0.25) is 0 Å². The highest BCUT2D eigenvalue weighted by Crippen LogP contribution is 2.27. The first-order valence-electron chi connectivity index (χ1n) is 11.3. The molecule has 3 rings (SSSR count). The zero-order chi connectivity index (χ0) is 24.9. The van der Waals surface area contributed by atoms with Crippen molar-refractivity contribution in [2.75, 3.05) is 0 Å². The van der Waals surface area contributed by atoms with E-state index in [1.165, 1.54) is 0 Å². The Hall–Kier alpha value is -3.74. The summed E-state index contributed by atoms with van der Waals surface area (Å²) in [6.45, 7) is 7.80. The molecule has 0 saturated carbocycles. The fraction of sp³-hybridized carbons (Fsp3) is 0.333. The van der Waals surface area contributed by atoms with Crippen LogP contribution in [0.3, 0.4) is 0 Å². The van der Waals surface area contributed by atoms with Crippen molar-refractivity contribution in [3.8, 4) is 11.1 Å². The third-order valence-electron chi connectivity index (χ3n) is 5.29. The van der Waals surface area contributed by atoms with Gasteiger partial charge in [0.2, 0.25) is 0 Å². The van der Waals surface area contributed by atoms with E-state index in [4.69, 9.17) is 4.74 Å². The normalized spacial score (nSPS) is 11.3. The lowest BCUT2D eigenvalue weighted by molar-refractivity contribution is 0.00701. The van der Waals surface area contributed by atoms with Crippen molar-refractivity contribution in [1.29, 1.82) is 0 Å². The maximum absolute atomic E-state index is 12.7. The summed E-state index contributed by atoms with van der Waals surface area (Å²) in [4.78, 5) is 40.2. The summed E-state index contributed by atoms with van der Waals surface area (Å²) in [6.07, 6.45) is 2.85. The quantitative estimate of drug-likeness (QED) is 0.337. The largest absolute Gasteiger partial charge is 0.477 e. The van der Waals surface area contributed by atoms with Gasteiger partial charge in [0.05, 0.1) is 5.56 Å². The summed E-state index contributed by atoms with van der Waals surface area (Å²) in [6, 6.07) is 14.8. The van der Waals surface area contributed by atoms with E-state index >= 15 is 0 Å². The summed E-state index contributed by atoms with van der Waals surface area (Å²) in [5, 5.41) is 9.69. The van der Waals surface area contributed by atoms with Crippen LogP contribution in [0.15, 0.2) is 48.5 Å². The molecule has 0 aliphatic carbocycles. The first kappa shape index (κ1) is 24.9. The highest BCUT2D eigenvalue weighted by Gasteiger charge is 2.23. The maximum atomic E-state index is 12.7. The van der Waals surface area contributed by atoms with Crippen LogP contribution in [0.5, 0.6) is 0 Å². The van der Waals surface area contributed by atoms with Gasteiger partial charge in [-0.2, -0.15) is 0 Å². The minimum Gasteiger partial charge on any atom is -0.477 e. The van der Waals surface area contributed by atoms with Gasteiger partial charge in [0, 0.05) is 13.0 Å². The van der Waals surface area contributed by atoms with Crippen molar-refractivity contribution >= 4 is 18.2 Å². The fourth-order valence-corrected chi connectivity index (χ4v) is 3.74. The number of aromatic nitrogens is 2. The third-order valence-corrected chi connectivity index (χ3v) is 5.29. The van der Waals surface area contributed by atoms with E-state index in [2.05, 4.69) is 4.98 Å². The van der Waals surface area contributed by atoms with E-state index in [1.54, 1.807) is 16.7 Å². The smallest absolute Gasteiger partial charge is 0.354 e. The van der Waals surface area contributed by atoms with Crippen LogP contribution in [-0.4, -0.2) is 38.5 Å². The molecule has 0 bridgehead atoms. The number of rotatable bonds is 9. The topological polar surface area (TPSA) is 98.5 Å². The Labute approximate surface area is 199 Å². The minimum absolute atomic E-state index is 0.0542. The number of carboxylic acid groups (broad SMARTS) is 1. The van der Waals surface area contributed by atoms with Crippen LogP contribution in [0.25, 0.3) is 11.1 Å². The van der Waals surface area contributed by atoms with Crippen molar-refractivity contribution < 1.29 is 24.2 Å². The molecule has 0 aliphatic rings. The van der Waals surface area contributed by atoms with Gasteiger partial charge < -0.3 is 14.4 Å². The summed E-state index contributed by atoms with van der Waals surface area (Å²) in [5.74, 6) is -0.986. The average Bonchev–Trinajstić information content (AvgIpc) is 3.14. The van der Waals surface area contributed by atoms with E-state index in [1.807, 2.05) is 64.1 Å². The standard InChI is InChI=1S/C27H30N2O5/c1-5-6-11-23-28-22(17-30)24(25(31)32)29(23)16-18-12-14-19(15-13-18)20-9-7-8-10-21(20)26(33)34-27(2,3)4/h7-10,12-15,17H,5-6,11,16H2,1-4H3,(H,31,32). The summed E-state index contributed by atoms with van der Waals surface area (Å²) >= 11 is 0. The highest BCUT2D eigenvalue weighted by atomic mass is 16.6. The molecule has 1 heterocycles. The van der Waals surface area contributed by atoms with Gasteiger partial charge in [-0.1, -0.05) is 55.8 Å². The van der Waals surface area contributed by atoms with E-state index in [0.717, 1.165) is 29.5 Å². The molecule has 0 radical (unpaired) electrons. The molecule has 0 saturated heterocycles. The first-order chi connectivity index (χ1) is 16.1. The van der Waals surface area contributed by atoms with Crippen LogP contribution in [-0.2, 0) is 17.7 Å². The number of ether oxygens (including phenoxy) is 1. The van der Waals surface area contributed by atoms with Gasteiger partial charge in [-0.15, -0.1) is 0 Å². The number of aryl methyl sites for hydroxylation is 1. The van der Waals surface area contributed by atoms with Crippen molar-refractivity contribution in [1.82, 2.24) is 9.55 Å². The van der Waals surface area contributed by atoms with Crippen LogP contribution < -0.4 is 0 Å². The molecule has 7 nitrogen and oxygen atoms in total. The molecule has 1 N–H and O–H groups in total. The predicted octanol–water partition coefficient (Wildman–Crippen LogP) is 5.41. The first-order valence-corrected chi connectivity index (χ1v) is 11.3. The summed E-state index contributed by atoms with van der Waals surface area (Å²) in [5.41, 5.74) is 2.18. The Morgan fingerprint density at radius 1 is 1.09 bits per heavy atom. The third kappa shape index (κ3) is 5.78. The molecular weight excluding hydrogens is 432 g/mol. The Morgan fingerprint density at radius 2 is 1.76 bits per heavy atom. The Morgan fingerprint density at radius 3 is 2.35 bits per heavy atom. The van der Waals surface area contributed by atoms with Gasteiger partial charge in [-0.3, -0.25) is 4.79 Å². The molecule has 2 aromatic carbocycles. The minimum atomic E-state index is -1.18. The number of hydrogen-bond donors (Lipinski definition) is 1. The second kappa shape index (κ2) is 10.5. The van der Waals surface area contributed by atoms with Crippen LogP contribution in [0.4, 0.5) is 0 Å². The fourth-order valence-electron chi connectivity index (χ4n) is 3.74. The molecule has 0 unspecified atom stereocenters. The number of unbranched alkanes of at least 4 members (excludes halogenated alkanes) is 1. The van der Waals surface area contributed by atoms with Gasteiger partial charge in [0.1, 0.15) is 17.1 Å². The van der Waals surface area contributed by atoms with Crippen LogP contribution >= 0.6 is 0 Å². The number of carbonyl (C=O) groups is 3. The molecule has 7 heteroatoms. The molecule has 178 valence electrons. The van der Waals surface area contributed by atoms with Crippen molar-refractivity contribution in [2.45, 2.75) is 59.1 Å². The number of imidazole rings is 1. The highest BCUT2D eigenvalue weighted by molar-refractivity contribution is 5.97. The molecular formula is C27H30N2O5. The number of benzene rings is 2. The molecule has 0 aliphatic heterocycles. The molecule has 0 fully saturated rings. The lowest BCUT2D eigenvalue weighted by Crippen LogP contribution is -2.24. The number of esters is 1. The number of nitrogens with zero attached hydrogens (tertiary/aromatic N) is 2. The number of aromatic carboxylic acids is 1. The number of carbonyl (C=O) groups excluding carboxylic acids is 2. The molecule has 0 spiro atoms. The van der Waals surface area contributed by atoms with Gasteiger partial charge in [-0.05, 0) is 49.9 Å². The summed E-state index contributed by atoms with van der Waals surface area (Å²) in [7, 11) is 0. The lowest BCUT2D eigenvalue weighted by Gasteiger charge is -2.20. The van der Waals surface area contributed by atoms with Crippen LogP contribution in [0, 0.1) is 0 Å². The van der Waals surface area contributed by atoms with E-state index in [0.29, 0.717) is 24.1 Å². The van der Waals surface area contributed by atoms with Gasteiger partial charge >= 0.3 is 11.9 Å². The Kier molecular flexibility index (Phi) is 7.66. The van der Waals surface area contributed by atoms with Gasteiger partial charge in [-0.25, -0.2) is 14.6 Å². The van der Waals surface area contributed by atoms with E-state index in [-0.39, 0.29) is 17.9 Å². The van der Waals surface area contributed by atoms with E-state index in [9.17, 15) is 19.5 Å². The van der Waals surface area contributed by atoms with Crippen molar-refractivity contribution in [2.24, 2.45) is 0 Å². The SMILES string of the molecule is CCCCc1nc(C=O)c(C(=O)O)n1Cc1ccc(-c2ccccc2C(=O)OC(C)(C)C)cc1. The maximum Gasteiger partial charge on any atom is 0.354 e. The Balaban J connectivity index is 1.93. The van der Waals surface area contributed by atoms with E-state index < -0.39 is 17.5 Å². The zero-order valence-corrected chi connectivity index (χ0v) is 20.0. The Bertz CT molecular complexity index is 1190. The second-order valence-corrected chi connectivity index (χ2v) is 9.12. The second-order valence-electron chi connectivity index (χ2n) is 9.12. The molecule has 34 heavy (non-hydrogen) atoms. The van der Waals surface area contributed by atoms with Crippen LogP contribution in [0.1, 0.15) is 83.3 Å². The molecule has 0 amide bonds. The average molecular weight is 463 g/mol. The van der Waals surface area contributed by atoms with Crippen molar-refractivity contribution in [3.05, 3.63) is 76.9 Å². The number of aldehydes is 1.